The predicted octanol–water partition coefficient (Wildman–Crippen LogP) is 3.40. The van der Waals surface area contributed by atoms with Gasteiger partial charge >= 0.3 is 6.18 Å². The van der Waals surface area contributed by atoms with E-state index in [1.807, 2.05) is 0 Å². The molecule has 0 aliphatic heterocycles. The van der Waals surface area contributed by atoms with Crippen molar-refractivity contribution in [1.29, 1.82) is 0 Å². The fourth-order valence-corrected chi connectivity index (χ4v) is 1.16. The molecule has 13 heavy (non-hydrogen) atoms. The molecule has 0 aliphatic rings. The summed E-state index contributed by atoms with van der Waals surface area (Å²) >= 11 is 5.57. The summed E-state index contributed by atoms with van der Waals surface area (Å²) in [6.07, 6.45) is -2.12. The summed E-state index contributed by atoms with van der Waals surface area (Å²) in [6.45, 7) is 1.48. The Hall–Kier alpha value is -0.770. The van der Waals surface area contributed by atoms with Crippen LogP contribution in [0.4, 0.5) is 13.2 Å². The number of rotatable bonds is 1. The lowest BCUT2D eigenvalue weighted by atomic mass is 10.1. The third-order valence-corrected chi connectivity index (χ3v) is 1.82. The molecule has 1 nitrogen and oxygen atoms in total. The largest absolute Gasteiger partial charge is 0.416 e. The van der Waals surface area contributed by atoms with Gasteiger partial charge in [0.1, 0.15) is 0 Å². The number of hydrogen-bond acceptors (Lipinski definition) is 1. The van der Waals surface area contributed by atoms with Crippen LogP contribution in [0, 0.1) is 0 Å². The van der Waals surface area contributed by atoms with Gasteiger partial charge in [-0.1, -0.05) is 0 Å². The van der Waals surface area contributed by atoms with Crippen LogP contribution in [0.2, 0.25) is 0 Å². The van der Waals surface area contributed by atoms with Crippen molar-refractivity contribution >= 4 is 11.6 Å². The quantitative estimate of drug-likeness (QED) is 0.646. The normalized spacial score (nSPS) is 14.2. The number of nitrogens with zero attached hydrogens (tertiary/aromatic N) is 1. The van der Waals surface area contributed by atoms with E-state index in [-0.39, 0.29) is 5.56 Å². The summed E-state index contributed by atoms with van der Waals surface area (Å²) < 4.78 is 37.0. The third-order valence-electron chi connectivity index (χ3n) is 1.59. The first-order chi connectivity index (χ1) is 5.93. The Morgan fingerprint density at radius 2 is 2.08 bits per heavy atom. The summed E-state index contributed by atoms with van der Waals surface area (Å²) in [5, 5.41) is -0.690. The van der Waals surface area contributed by atoms with Crippen LogP contribution in [0.1, 0.15) is 23.4 Å². The monoisotopic (exact) mass is 209 g/mol. The van der Waals surface area contributed by atoms with Crippen LogP contribution >= 0.6 is 11.6 Å². The highest BCUT2D eigenvalue weighted by Crippen LogP contribution is 2.35. The van der Waals surface area contributed by atoms with E-state index in [0.29, 0.717) is 0 Å². The topological polar surface area (TPSA) is 12.9 Å². The summed E-state index contributed by atoms with van der Waals surface area (Å²) in [7, 11) is 0. The Morgan fingerprint density at radius 1 is 1.46 bits per heavy atom. The van der Waals surface area contributed by atoms with E-state index in [4.69, 9.17) is 11.6 Å². The van der Waals surface area contributed by atoms with Crippen molar-refractivity contribution < 1.29 is 13.2 Å². The molecule has 72 valence electrons. The Kier molecular flexibility index (Phi) is 2.81. The molecule has 1 rings (SSSR count). The van der Waals surface area contributed by atoms with Gasteiger partial charge in [0.2, 0.25) is 0 Å². The number of hydrogen-bond donors (Lipinski definition) is 0. The summed E-state index contributed by atoms with van der Waals surface area (Å²) in [4.78, 5) is 3.60. The zero-order valence-corrected chi connectivity index (χ0v) is 7.52. The smallest absolute Gasteiger partial charge is 0.264 e. The number of aromatic nitrogens is 1. The van der Waals surface area contributed by atoms with Gasteiger partial charge in [0.25, 0.3) is 0 Å². The van der Waals surface area contributed by atoms with Crippen molar-refractivity contribution in [2.75, 3.05) is 0 Å². The van der Waals surface area contributed by atoms with Crippen molar-refractivity contribution in [3.8, 4) is 0 Å². The molecule has 0 aromatic carbocycles. The number of halogens is 4. The lowest BCUT2D eigenvalue weighted by Gasteiger charge is -2.12. The highest BCUT2D eigenvalue weighted by Gasteiger charge is 2.34. The molecular formula is C8H7ClF3N. The van der Waals surface area contributed by atoms with Gasteiger partial charge in [-0.15, -0.1) is 11.6 Å². The molecule has 5 heteroatoms. The molecule has 0 radical (unpaired) electrons. The Morgan fingerprint density at radius 3 is 2.46 bits per heavy atom. The van der Waals surface area contributed by atoms with Gasteiger partial charge in [-0.3, -0.25) is 4.98 Å². The zero-order valence-electron chi connectivity index (χ0n) is 6.77. The maximum Gasteiger partial charge on any atom is 0.416 e. The van der Waals surface area contributed by atoms with Crippen LogP contribution in [-0.2, 0) is 6.18 Å². The second kappa shape index (κ2) is 3.54. The molecule has 0 aliphatic carbocycles. The lowest BCUT2D eigenvalue weighted by molar-refractivity contribution is -0.138. The van der Waals surface area contributed by atoms with Gasteiger partial charge in [-0.2, -0.15) is 13.2 Å². The molecule has 0 amide bonds. The Bertz CT molecular complexity index is 296. The van der Waals surface area contributed by atoms with Crippen LogP contribution in [-0.4, -0.2) is 4.98 Å². The summed E-state index contributed by atoms with van der Waals surface area (Å²) in [5.74, 6) is 0. The minimum absolute atomic E-state index is 0.0108. The first-order valence-corrected chi connectivity index (χ1v) is 4.01. The zero-order chi connectivity index (χ0) is 10.1. The van der Waals surface area contributed by atoms with Gasteiger partial charge in [-0.25, -0.2) is 0 Å². The lowest BCUT2D eigenvalue weighted by Crippen LogP contribution is -2.09. The average Bonchev–Trinajstić information content (AvgIpc) is 2.03. The Labute approximate surface area is 78.5 Å². The fourth-order valence-electron chi connectivity index (χ4n) is 0.982. The van der Waals surface area contributed by atoms with Crippen LogP contribution in [0.25, 0.3) is 0 Å². The van der Waals surface area contributed by atoms with Gasteiger partial charge in [0, 0.05) is 18.0 Å². The fraction of sp³-hybridized carbons (Fsp3) is 0.375. The minimum Gasteiger partial charge on any atom is -0.264 e. The van der Waals surface area contributed by atoms with Gasteiger partial charge < -0.3 is 0 Å². The van der Waals surface area contributed by atoms with Crippen LogP contribution < -0.4 is 0 Å². The second-order valence-corrected chi connectivity index (χ2v) is 3.23. The second-order valence-electron chi connectivity index (χ2n) is 2.58. The molecule has 1 unspecified atom stereocenters. The van der Waals surface area contributed by atoms with E-state index < -0.39 is 17.1 Å². The van der Waals surface area contributed by atoms with Crippen LogP contribution in [0.3, 0.4) is 0 Å². The molecule has 0 fully saturated rings. The van der Waals surface area contributed by atoms with E-state index in [0.717, 1.165) is 18.5 Å². The number of pyridine rings is 1. The van der Waals surface area contributed by atoms with Gasteiger partial charge in [0.15, 0.2) is 0 Å². The van der Waals surface area contributed by atoms with Gasteiger partial charge in [-0.05, 0) is 13.0 Å². The molecule has 1 heterocycles. The third kappa shape index (κ3) is 2.34. The SMILES string of the molecule is CC(Cl)c1cnccc1C(F)(F)F. The van der Waals surface area contributed by atoms with Gasteiger partial charge in [0.05, 0.1) is 10.9 Å². The first-order valence-electron chi connectivity index (χ1n) is 3.58. The highest BCUT2D eigenvalue weighted by molar-refractivity contribution is 6.20. The van der Waals surface area contributed by atoms with E-state index in [9.17, 15) is 13.2 Å². The standard InChI is InChI=1S/C8H7ClF3N/c1-5(9)6-4-13-3-2-7(6)8(10,11)12/h2-5H,1H3. The average molecular weight is 210 g/mol. The molecule has 1 aromatic heterocycles. The van der Waals surface area contributed by atoms with E-state index in [1.165, 1.54) is 6.92 Å². The van der Waals surface area contributed by atoms with Crippen molar-refractivity contribution in [1.82, 2.24) is 4.98 Å². The van der Waals surface area contributed by atoms with Crippen molar-refractivity contribution in [3.05, 3.63) is 29.6 Å². The summed E-state index contributed by atoms with van der Waals surface area (Å²) in [5.41, 5.74) is -0.707. The highest BCUT2D eigenvalue weighted by atomic mass is 35.5. The predicted molar refractivity (Wildman–Crippen MR) is 43.5 cm³/mol. The maximum atomic E-state index is 12.3. The van der Waals surface area contributed by atoms with Crippen LogP contribution in [0.5, 0.6) is 0 Å². The summed E-state index contributed by atoms with van der Waals surface area (Å²) in [6, 6.07) is 0.925. The molecule has 0 saturated heterocycles. The van der Waals surface area contributed by atoms with E-state index in [1.54, 1.807) is 0 Å². The Balaban J connectivity index is 3.20. The first kappa shape index (κ1) is 10.3. The molecule has 0 saturated carbocycles. The van der Waals surface area contributed by atoms with E-state index >= 15 is 0 Å². The molecule has 1 atom stereocenters. The minimum atomic E-state index is -4.36. The molecular weight excluding hydrogens is 203 g/mol. The maximum absolute atomic E-state index is 12.3. The van der Waals surface area contributed by atoms with Crippen molar-refractivity contribution in [2.45, 2.75) is 18.5 Å². The molecule has 1 aromatic rings. The van der Waals surface area contributed by atoms with Crippen molar-refractivity contribution in [3.63, 3.8) is 0 Å². The molecule has 0 bridgehead atoms. The van der Waals surface area contributed by atoms with Crippen LogP contribution in [0.15, 0.2) is 18.5 Å². The number of alkyl halides is 4. The molecule has 0 spiro atoms. The van der Waals surface area contributed by atoms with Crippen molar-refractivity contribution in [2.24, 2.45) is 0 Å². The van der Waals surface area contributed by atoms with E-state index in [2.05, 4.69) is 4.98 Å². The molecule has 0 N–H and O–H groups in total.